The third-order valence-electron chi connectivity index (χ3n) is 6.73. The molecular formula is C35H29N5O3S. The Morgan fingerprint density at radius 3 is 2.41 bits per heavy atom. The van der Waals surface area contributed by atoms with Crippen LogP contribution in [-0.4, -0.2) is 37.6 Å². The van der Waals surface area contributed by atoms with E-state index in [1.807, 2.05) is 103 Å². The van der Waals surface area contributed by atoms with Gasteiger partial charge in [0, 0.05) is 17.3 Å². The summed E-state index contributed by atoms with van der Waals surface area (Å²) < 4.78 is 15.0. The molecule has 0 aliphatic rings. The number of para-hydroxylation sites is 1. The molecule has 6 aromatic rings. The molecule has 0 amide bonds. The van der Waals surface area contributed by atoms with Crippen molar-refractivity contribution in [3.05, 3.63) is 142 Å². The van der Waals surface area contributed by atoms with E-state index in [1.54, 1.807) is 18.2 Å². The van der Waals surface area contributed by atoms with Crippen LogP contribution >= 0.6 is 11.3 Å². The summed E-state index contributed by atoms with van der Waals surface area (Å²) >= 11 is 1.29. The standard InChI is InChI=1S/C35H29N5O3S/c1-4-19-42-29-15-11-25(12-16-29)13-18-32-36-35-40(37-32)34(41)31(44-35)22-27-23-39(28-9-7-6-8-10-28)38-33(27)26-14-17-30(24(3)21-26)43-20-5-2/h4-18,21-23H,1-2,19-20H2,3H3/b18-13+,31-22-. The molecule has 8 nitrogen and oxygen atoms in total. The van der Waals surface area contributed by atoms with Gasteiger partial charge in [-0.1, -0.05) is 73.1 Å². The van der Waals surface area contributed by atoms with Crippen LogP contribution < -0.4 is 19.6 Å². The number of rotatable bonds is 11. The quantitative estimate of drug-likeness (QED) is 0.166. The first kappa shape index (κ1) is 28.6. The smallest absolute Gasteiger partial charge is 0.291 e. The third kappa shape index (κ3) is 6.13. The number of fused-ring (bicyclic) bond motifs is 1. The molecule has 218 valence electrons. The summed E-state index contributed by atoms with van der Waals surface area (Å²) in [6, 6.07) is 23.5. The first-order valence-corrected chi connectivity index (χ1v) is 14.8. The number of thiazole rings is 1. The molecule has 44 heavy (non-hydrogen) atoms. The second kappa shape index (κ2) is 12.8. The SMILES string of the molecule is C=CCOc1ccc(/C=C/c2nc3s/c(=C\c4cn(-c5ccccc5)nc4-c4ccc(OCC=C)c(C)c4)c(=O)n3n2)cc1. The normalized spacial score (nSPS) is 11.8. The van der Waals surface area contributed by atoms with Gasteiger partial charge in [0.15, 0.2) is 5.82 Å². The number of benzene rings is 3. The molecule has 0 aliphatic carbocycles. The van der Waals surface area contributed by atoms with Gasteiger partial charge in [-0.15, -0.1) is 5.10 Å². The lowest BCUT2D eigenvalue weighted by Gasteiger charge is -2.08. The van der Waals surface area contributed by atoms with Gasteiger partial charge in [-0.25, -0.2) is 4.68 Å². The highest BCUT2D eigenvalue weighted by atomic mass is 32.1. The zero-order valence-electron chi connectivity index (χ0n) is 24.1. The Morgan fingerprint density at radius 1 is 0.909 bits per heavy atom. The van der Waals surface area contributed by atoms with Gasteiger partial charge in [0.05, 0.1) is 10.2 Å². The lowest BCUT2D eigenvalue weighted by molar-refractivity contribution is 0.360. The largest absolute Gasteiger partial charge is 0.490 e. The van der Waals surface area contributed by atoms with Gasteiger partial charge < -0.3 is 9.47 Å². The van der Waals surface area contributed by atoms with Gasteiger partial charge in [-0.2, -0.15) is 14.6 Å². The van der Waals surface area contributed by atoms with Crippen molar-refractivity contribution in [2.75, 3.05) is 13.2 Å². The van der Waals surface area contributed by atoms with E-state index in [9.17, 15) is 4.79 Å². The number of aryl methyl sites for hydroxylation is 1. The van der Waals surface area contributed by atoms with E-state index < -0.39 is 0 Å². The van der Waals surface area contributed by atoms with Crippen LogP contribution in [0.3, 0.4) is 0 Å². The molecule has 0 saturated carbocycles. The van der Waals surface area contributed by atoms with E-state index >= 15 is 0 Å². The summed E-state index contributed by atoms with van der Waals surface area (Å²) in [5.41, 5.74) is 5.08. The highest BCUT2D eigenvalue weighted by Crippen LogP contribution is 2.29. The van der Waals surface area contributed by atoms with Gasteiger partial charge in [-0.05, 0) is 72.7 Å². The minimum Gasteiger partial charge on any atom is -0.490 e. The molecule has 6 rings (SSSR count). The van der Waals surface area contributed by atoms with Crippen molar-refractivity contribution in [3.63, 3.8) is 0 Å². The molecule has 3 aromatic carbocycles. The molecule has 3 heterocycles. The maximum Gasteiger partial charge on any atom is 0.291 e. The van der Waals surface area contributed by atoms with Crippen molar-refractivity contribution in [2.45, 2.75) is 6.92 Å². The Labute approximate surface area is 258 Å². The zero-order valence-corrected chi connectivity index (χ0v) is 24.9. The van der Waals surface area contributed by atoms with Crippen LogP contribution in [0.2, 0.25) is 0 Å². The van der Waals surface area contributed by atoms with E-state index in [-0.39, 0.29) is 5.56 Å². The Morgan fingerprint density at radius 2 is 1.68 bits per heavy atom. The minimum absolute atomic E-state index is 0.233. The fourth-order valence-corrected chi connectivity index (χ4v) is 5.51. The van der Waals surface area contributed by atoms with Crippen molar-refractivity contribution in [3.8, 4) is 28.4 Å². The van der Waals surface area contributed by atoms with Crippen molar-refractivity contribution in [1.82, 2.24) is 24.4 Å². The summed E-state index contributed by atoms with van der Waals surface area (Å²) in [7, 11) is 0. The van der Waals surface area contributed by atoms with Crippen LogP contribution in [-0.2, 0) is 0 Å². The van der Waals surface area contributed by atoms with Gasteiger partial charge in [0.1, 0.15) is 30.4 Å². The molecule has 0 spiro atoms. The molecule has 0 unspecified atom stereocenters. The maximum absolute atomic E-state index is 13.4. The Bertz CT molecular complexity index is 2090. The summed E-state index contributed by atoms with van der Waals surface area (Å²) in [4.78, 5) is 18.5. The minimum atomic E-state index is -0.233. The van der Waals surface area contributed by atoms with Crippen LogP contribution in [0.25, 0.3) is 40.1 Å². The topological polar surface area (TPSA) is 83.5 Å². The Balaban J connectivity index is 1.33. The summed E-state index contributed by atoms with van der Waals surface area (Å²) in [5, 5.41) is 9.36. The zero-order chi connectivity index (χ0) is 30.5. The second-order valence-electron chi connectivity index (χ2n) is 9.88. The molecule has 3 aromatic heterocycles. The summed E-state index contributed by atoms with van der Waals surface area (Å²) in [6.45, 7) is 10.3. The van der Waals surface area contributed by atoms with E-state index in [1.165, 1.54) is 15.9 Å². The first-order valence-electron chi connectivity index (χ1n) is 14.0. The average molecular weight is 600 g/mol. The van der Waals surface area contributed by atoms with Crippen LogP contribution in [0, 0.1) is 6.92 Å². The van der Waals surface area contributed by atoms with Crippen LogP contribution in [0.5, 0.6) is 11.5 Å². The number of aromatic nitrogens is 5. The molecule has 0 bridgehead atoms. The Hall–Kier alpha value is -5.54. The third-order valence-corrected chi connectivity index (χ3v) is 7.69. The highest BCUT2D eigenvalue weighted by Gasteiger charge is 2.15. The molecule has 9 heteroatoms. The number of nitrogens with zero attached hydrogens (tertiary/aromatic N) is 5. The van der Waals surface area contributed by atoms with Crippen LogP contribution in [0.4, 0.5) is 0 Å². The lowest BCUT2D eigenvalue weighted by Crippen LogP contribution is -2.23. The molecule has 0 atom stereocenters. The monoisotopic (exact) mass is 599 g/mol. The van der Waals surface area contributed by atoms with Crippen molar-refractivity contribution in [1.29, 1.82) is 0 Å². The second-order valence-corrected chi connectivity index (χ2v) is 10.9. The number of ether oxygens (including phenoxy) is 2. The van der Waals surface area contributed by atoms with Crippen LogP contribution in [0.1, 0.15) is 22.5 Å². The van der Waals surface area contributed by atoms with Gasteiger partial charge in [0.25, 0.3) is 5.56 Å². The molecule has 0 saturated heterocycles. The lowest BCUT2D eigenvalue weighted by atomic mass is 10.0. The van der Waals surface area contributed by atoms with Gasteiger partial charge in [-0.3, -0.25) is 4.79 Å². The van der Waals surface area contributed by atoms with E-state index in [0.717, 1.165) is 45.1 Å². The number of hydrogen-bond donors (Lipinski definition) is 0. The van der Waals surface area contributed by atoms with Crippen LogP contribution in [0.15, 0.2) is 109 Å². The average Bonchev–Trinajstić information content (AvgIpc) is 3.74. The number of hydrogen-bond acceptors (Lipinski definition) is 7. The molecular weight excluding hydrogens is 570 g/mol. The predicted molar refractivity (Wildman–Crippen MR) is 176 cm³/mol. The fraction of sp³-hybridized carbons (Fsp3) is 0.0857. The fourth-order valence-electron chi connectivity index (χ4n) is 4.60. The van der Waals surface area contributed by atoms with Crippen molar-refractivity contribution >= 4 is 34.5 Å². The molecule has 0 fully saturated rings. The highest BCUT2D eigenvalue weighted by molar-refractivity contribution is 7.15. The predicted octanol–water partition coefficient (Wildman–Crippen LogP) is 6.16. The summed E-state index contributed by atoms with van der Waals surface area (Å²) in [5.74, 6) is 2.01. The summed E-state index contributed by atoms with van der Waals surface area (Å²) in [6.07, 6.45) is 10.9. The first-order chi connectivity index (χ1) is 21.5. The van der Waals surface area contributed by atoms with Crippen molar-refractivity contribution < 1.29 is 9.47 Å². The van der Waals surface area contributed by atoms with Gasteiger partial charge in [0.2, 0.25) is 4.96 Å². The van der Waals surface area contributed by atoms with E-state index in [2.05, 4.69) is 23.2 Å². The van der Waals surface area contributed by atoms with Crippen molar-refractivity contribution in [2.24, 2.45) is 0 Å². The molecule has 0 aliphatic heterocycles. The van der Waals surface area contributed by atoms with Gasteiger partial charge >= 0.3 is 0 Å². The maximum atomic E-state index is 13.4. The Kier molecular flexibility index (Phi) is 8.29. The van der Waals surface area contributed by atoms with E-state index in [4.69, 9.17) is 14.6 Å². The van der Waals surface area contributed by atoms with E-state index in [0.29, 0.717) is 28.5 Å². The molecule has 0 N–H and O–H groups in total. The molecule has 0 radical (unpaired) electrons.